The molecule has 1 atom stereocenters. The van der Waals surface area contributed by atoms with E-state index in [1.165, 1.54) is 4.88 Å². The monoisotopic (exact) mass is 490 g/mol. The molecule has 8 heteroatoms. The van der Waals surface area contributed by atoms with Crippen LogP contribution in [0.25, 0.3) is 0 Å². The van der Waals surface area contributed by atoms with Crippen molar-refractivity contribution in [3.05, 3.63) is 34.0 Å². The molecule has 1 unspecified atom stereocenters. The van der Waals surface area contributed by atoms with Crippen LogP contribution in [0.5, 0.6) is 0 Å². The molecular weight excluding hydrogens is 459 g/mol. The Bertz CT molecular complexity index is 653. The Kier molecular flexibility index (Phi) is 10.8. The van der Waals surface area contributed by atoms with Crippen LogP contribution < -0.4 is 10.6 Å². The van der Waals surface area contributed by atoms with E-state index >= 15 is 0 Å². The van der Waals surface area contributed by atoms with E-state index in [0.29, 0.717) is 12.5 Å². The Balaban J connectivity index is 0.00000338. The van der Waals surface area contributed by atoms with Gasteiger partial charge in [0.1, 0.15) is 12.4 Å². The van der Waals surface area contributed by atoms with Gasteiger partial charge in [0.25, 0.3) is 0 Å². The minimum absolute atomic E-state index is 0. The summed E-state index contributed by atoms with van der Waals surface area (Å²) >= 11 is 1.82. The van der Waals surface area contributed by atoms with Crippen LogP contribution in [0.3, 0.4) is 0 Å². The van der Waals surface area contributed by atoms with Crippen LogP contribution in [-0.4, -0.2) is 33.8 Å². The molecule has 2 aromatic rings. The van der Waals surface area contributed by atoms with Gasteiger partial charge in [0.05, 0.1) is 0 Å². The molecule has 0 amide bonds. The molecule has 0 bridgehead atoms. The summed E-state index contributed by atoms with van der Waals surface area (Å²) in [4.78, 5) is 6.11. The molecule has 26 heavy (non-hydrogen) atoms. The maximum absolute atomic E-state index is 4.68. The average Bonchev–Trinajstić information content (AvgIpc) is 3.21. The maximum Gasteiger partial charge on any atom is 0.191 e. The second-order valence-corrected chi connectivity index (χ2v) is 7.47. The zero-order valence-electron chi connectivity index (χ0n) is 16.2. The molecule has 0 saturated heterocycles. The van der Waals surface area contributed by atoms with Crippen molar-refractivity contribution in [1.29, 1.82) is 0 Å². The molecule has 2 heterocycles. The number of unbranched alkanes of at least 4 members (excludes halogenated alkanes) is 1. The van der Waals surface area contributed by atoms with Crippen molar-refractivity contribution in [2.75, 3.05) is 13.1 Å². The van der Waals surface area contributed by atoms with Gasteiger partial charge in [0.2, 0.25) is 0 Å². The lowest BCUT2D eigenvalue weighted by molar-refractivity contribution is 0.560. The van der Waals surface area contributed by atoms with E-state index < -0.39 is 0 Å². The fourth-order valence-electron chi connectivity index (χ4n) is 2.41. The molecule has 0 aliphatic rings. The predicted molar refractivity (Wildman–Crippen MR) is 120 cm³/mol. The van der Waals surface area contributed by atoms with E-state index in [2.05, 4.69) is 57.2 Å². The largest absolute Gasteiger partial charge is 0.356 e. The van der Waals surface area contributed by atoms with E-state index in [-0.39, 0.29) is 24.0 Å². The normalized spacial score (nSPS) is 12.5. The number of hydrogen-bond donors (Lipinski definition) is 2. The lowest BCUT2D eigenvalue weighted by Crippen LogP contribution is -2.40. The van der Waals surface area contributed by atoms with Crippen LogP contribution in [0.15, 0.2) is 22.5 Å². The minimum atomic E-state index is 0. The number of halogens is 1. The van der Waals surface area contributed by atoms with Gasteiger partial charge in [-0.05, 0) is 37.1 Å². The summed E-state index contributed by atoms with van der Waals surface area (Å²) in [5.41, 5.74) is 0. The summed E-state index contributed by atoms with van der Waals surface area (Å²) < 4.78 is 1.98. The second-order valence-electron chi connectivity index (χ2n) is 6.44. The van der Waals surface area contributed by atoms with Crippen LogP contribution in [0.4, 0.5) is 0 Å². The summed E-state index contributed by atoms with van der Waals surface area (Å²) in [6.07, 6.45) is 3.39. The fourth-order valence-corrected chi connectivity index (χ4v) is 3.28. The summed E-state index contributed by atoms with van der Waals surface area (Å²) in [6.45, 7) is 8.76. The zero-order chi connectivity index (χ0) is 18.1. The molecular formula is C18H31IN6S. The average molecular weight is 490 g/mol. The summed E-state index contributed by atoms with van der Waals surface area (Å²) in [6, 6.07) is 4.31. The highest BCUT2D eigenvalue weighted by molar-refractivity contribution is 14.0. The highest BCUT2D eigenvalue weighted by Gasteiger charge is 2.08. The van der Waals surface area contributed by atoms with E-state index in [9.17, 15) is 0 Å². The molecule has 0 spiro atoms. The van der Waals surface area contributed by atoms with Crippen molar-refractivity contribution in [2.24, 2.45) is 18.0 Å². The fraction of sp³-hybridized carbons (Fsp3) is 0.611. The highest BCUT2D eigenvalue weighted by Crippen LogP contribution is 2.13. The minimum Gasteiger partial charge on any atom is -0.356 e. The van der Waals surface area contributed by atoms with Crippen LogP contribution in [-0.2, 0) is 20.0 Å². The van der Waals surface area contributed by atoms with Crippen LogP contribution in [0, 0.1) is 12.8 Å². The Labute approximate surface area is 177 Å². The van der Waals surface area contributed by atoms with Gasteiger partial charge in [0.15, 0.2) is 11.8 Å². The van der Waals surface area contributed by atoms with Crippen molar-refractivity contribution in [2.45, 2.75) is 46.6 Å². The molecule has 0 fully saturated rings. The van der Waals surface area contributed by atoms with Crippen LogP contribution in [0.1, 0.15) is 43.2 Å². The van der Waals surface area contributed by atoms with Gasteiger partial charge < -0.3 is 15.2 Å². The number of rotatable bonds is 9. The van der Waals surface area contributed by atoms with Crippen LogP contribution in [0.2, 0.25) is 0 Å². The zero-order valence-corrected chi connectivity index (χ0v) is 19.3. The van der Waals surface area contributed by atoms with Crippen molar-refractivity contribution < 1.29 is 0 Å². The molecule has 2 N–H and O–H groups in total. The number of nitrogens with one attached hydrogen (secondary N) is 2. The predicted octanol–water partition coefficient (Wildman–Crippen LogP) is 3.52. The number of nitrogens with zero attached hydrogens (tertiary/aromatic N) is 4. The first-order chi connectivity index (χ1) is 12.1. The second kappa shape index (κ2) is 12.3. The quantitative estimate of drug-likeness (QED) is 0.244. The molecule has 2 aromatic heterocycles. The van der Waals surface area contributed by atoms with Gasteiger partial charge in [-0.15, -0.1) is 45.5 Å². The Morgan fingerprint density at radius 2 is 2.15 bits per heavy atom. The molecule has 2 rings (SSSR count). The third-order valence-corrected chi connectivity index (χ3v) is 5.03. The summed E-state index contributed by atoms with van der Waals surface area (Å²) in [7, 11) is 1.97. The number of aromatic nitrogens is 3. The third-order valence-electron chi connectivity index (χ3n) is 4.13. The first-order valence-corrected chi connectivity index (χ1v) is 9.87. The molecule has 0 aromatic carbocycles. The van der Waals surface area contributed by atoms with E-state index in [4.69, 9.17) is 0 Å². The van der Waals surface area contributed by atoms with Gasteiger partial charge in [-0.3, -0.25) is 0 Å². The molecule has 146 valence electrons. The number of thiophene rings is 1. The first-order valence-electron chi connectivity index (χ1n) is 8.99. The molecule has 6 nitrogen and oxygen atoms in total. The van der Waals surface area contributed by atoms with Gasteiger partial charge in [-0.1, -0.05) is 26.3 Å². The summed E-state index contributed by atoms with van der Waals surface area (Å²) in [5.74, 6) is 3.19. The number of guanidine groups is 1. The Hall–Kier alpha value is -1.16. The standard InChI is InChI=1S/C18H30N6S.HI/c1-5-6-9-19-18(21-13-17-23-22-15(3)24(17)4)20-12-14(2)11-16-8-7-10-25-16;/h7-8,10,14H,5-6,9,11-13H2,1-4H3,(H2,19,20,21);1H. The lowest BCUT2D eigenvalue weighted by atomic mass is 10.1. The lowest BCUT2D eigenvalue weighted by Gasteiger charge is -2.16. The molecule has 0 aliphatic carbocycles. The molecule has 0 aliphatic heterocycles. The number of aliphatic imine (C=N–C) groups is 1. The first kappa shape index (κ1) is 22.9. The van der Waals surface area contributed by atoms with Gasteiger partial charge in [0, 0.05) is 25.0 Å². The maximum atomic E-state index is 4.68. The molecule has 0 saturated carbocycles. The highest BCUT2D eigenvalue weighted by atomic mass is 127. The smallest absolute Gasteiger partial charge is 0.191 e. The van der Waals surface area contributed by atoms with Gasteiger partial charge in [-0.2, -0.15) is 0 Å². The van der Waals surface area contributed by atoms with Gasteiger partial charge >= 0.3 is 0 Å². The third kappa shape index (κ3) is 7.61. The van der Waals surface area contributed by atoms with Gasteiger partial charge in [-0.25, -0.2) is 4.99 Å². The Morgan fingerprint density at radius 3 is 2.77 bits per heavy atom. The van der Waals surface area contributed by atoms with E-state index in [1.807, 2.05) is 29.9 Å². The van der Waals surface area contributed by atoms with Crippen molar-refractivity contribution in [3.8, 4) is 0 Å². The Morgan fingerprint density at radius 1 is 1.35 bits per heavy atom. The number of hydrogen-bond acceptors (Lipinski definition) is 4. The van der Waals surface area contributed by atoms with E-state index in [1.54, 1.807) is 0 Å². The SMILES string of the molecule is CCCCNC(=NCc1nnc(C)n1C)NCC(C)Cc1cccs1.I. The number of aryl methyl sites for hydroxylation is 1. The van der Waals surface area contributed by atoms with Crippen molar-refractivity contribution >= 4 is 41.3 Å². The van der Waals surface area contributed by atoms with E-state index in [0.717, 1.165) is 50.0 Å². The summed E-state index contributed by atoms with van der Waals surface area (Å²) in [5, 5.41) is 17.3. The molecule has 0 radical (unpaired) electrons. The van der Waals surface area contributed by atoms with Crippen molar-refractivity contribution in [1.82, 2.24) is 25.4 Å². The van der Waals surface area contributed by atoms with Crippen LogP contribution >= 0.6 is 35.3 Å². The topological polar surface area (TPSA) is 67.1 Å². The van der Waals surface area contributed by atoms with Crippen molar-refractivity contribution in [3.63, 3.8) is 0 Å².